The monoisotopic (exact) mass is 580 g/mol. The zero-order chi connectivity index (χ0) is 30.2. The van der Waals surface area contributed by atoms with Crippen LogP contribution in [0, 0.1) is 11.6 Å². The molecule has 0 aliphatic heterocycles. The van der Waals surface area contributed by atoms with Crippen molar-refractivity contribution in [2.75, 3.05) is 0 Å². The molecule has 0 unspecified atom stereocenters. The van der Waals surface area contributed by atoms with Crippen LogP contribution in [-0.4, -0.2) is 31.8 Å². The van der Waals surface area contributed by atoms with E-state index in [2.05, 4.69) is 15.6 Å². The Morgan fingerprint density at radius 3 is 2.31 bits per heavy atom. The Balaban J connectivity index is 1.55. The Kier molecular flexibility index (Phi) is 7.46. The van der Waals surface area contributed by atoms with Crippen LogP contribution in [0.4, 0.5) is 22.0 Å². The lowest BCUT2D eigenvalue weighted by Gasteiger charge is -2.16. The van der Waals surface area contributed by atoms with Crippen LogP contribution in [0.1, 0.15) is 56.1 Å². The van der Waals surface area contributed by atoms with Gasteiger partial charge in [0.05, 0.1) is 28.4 Å². The van der Waals surface area contributed by atoms with Gasteiger partial charge in [-0.25, -0.2) is 18.1 Å². The minimum atomic E-state index is -4.50. The van der Waals surface area contributed by atoms with Crippen LogP contribution in [-0.2, 0) is 12.6 Å². The molecule has 5 aromatic rings. The topological polar surface area (TPSA) is 96.6 Å². The summed E-state index contributed by atoms with van der Waals surface area (Å²) in [5.41, 5.74) is 0.853. The molecule has 214 valence electrons. The summed E-state index contributed by atoms with van der Waals surface area (Å²) in [6, 6.07) is 14.0. The third-order valence-corrected chi connectivity index (χ3v) is 6.72. The molecule has 0 spiro atoms. The molecule has 0 radical (unpaired) electrons. The van der Waals surface area contributed by atoms with Gasteiger partial charge in [-0.1, -0.05) is 29.5 Å². The molecular weight excluding hydrogens is 559 g/mol. The van der Waals surface area contributed by atoms with Crippen molar-refractivity contribution < 1.29 is 36.6 Å². The number of carboxylic acids is 1. The molecule has 7 nitrogen and oxygen atoms in total. The smallest absolute Gasteiger partial charge is 0.416 e. The maximum absolute atomic E-state index is 14.7. The van der Waals surface area contributed by atoms with Gasteiger partial charge in [0.2, 0.25) is 0 Å². The fraction of sp³-hybridized carbons (Fsp3) is 0.133. The van der Waals surface area contributed by atoms with E-state index in [1.54, 1.807) is 19.1 Å². The van der Waals surface area contributed by atoms with E-state index in [1.807, 2.05) is 0 Å². The van der Waals surface area contributed by atoms with Crippen molar-refractivity contribution in [3.63, 3.8) is 0 Å². The zero-order valence-electron chi connectivity index (χ0n) is 21.8. The van der Waals surface area contributed by atoms with Crippen molar-refractivity contribution in [3.8, 4) is 11.1 Å². The maximum Gasteiger partial charge on any atom is 0.416 e. The lowest BCUT2D eigenvalue weighted by atomic mass is 10.0. The lowest BCUT2D eigenvalue weighted by Crippen LogP contribution is -2.27. The Labute approximate surface area is 235 Å². The van der Waals surface area contributed by atoms with E-state index in [4.69, 9.17) is 5.11 Å². The molecule has 3 aromatic carbocycles. The van der Waals surface area contributed by atoms with Crippen molar-refractivity contribution in [2.45, 2.75) is 25.6 Å². The number of alkyl halides is 3. The molecule has 0 bridgehead atoms. The first kappa shape index (κ1) is 28.4. The number of hydrogen-bond donors (Lipinski definition) is 2. The fourth-order valence-electron chi connectivity index (χ4n) is 4.52. The van der Waals surface area contributed by atoms with E-state index >= 15 is 0 Å². The summed E-state index contributed by atoms with van der Waals surface area (Å²) >= 11 is 0. The van der Waals surface area contributed by atoms with E-state index in [-0.39, 0.29) is 39.9 Å². The summed E-state index contributed by atoms with van der Waals surface area (Å²) in [6.07, 6.45) is -3.09. The molecule has 0 fully saturated rings. The molecule has 0 saturated carbocycles. The highest BCUT2D eigenvalue weighted by molar-refractivity contribution is 6.02. The van der Waals surface area contributed by atoms with Crippen LogP contribution in [0.15, 0.2) is 79.0 Å². The predicted molar refractivity (Wildman–Crippen MR) is 142 cm³/mol. The van der Waals surface area contributed by atoms with Crippen LogP contribution < -0.4 is 5.32 Å². The number of aromatic nitrogens is 3. The standard InChI is InChI=1S/C30H21F5N4O3/c1-16(18-4-6-19(7-5-18)29(41)42)36-28(40)24-13-20(23-14-22(31)10-11-25(23)32)15-39-27(24)26(37-38-39)12-17-2-8-21(9-3-17)30(33,34)35/h2-11,13-16H,12H2,1H3,(H,36,40)(H,41,42)/t16-/m0/s1. The van der Waals surface area contributed by atoms with E-state index in [0.717, 1.165) is 30.3 Å². The number of hydrogen-bond acceptors (Lipinski definition) is 4. The summed E-state index contributed by atoms with van der Waals surface area (Å²) in [6.45, 7) is 1.68. The Morgan fingerprint density at radius 1 is 0.976 bits per heavy atom. The number of pyridine rings is 1. The van der Waals surface area contributed by atoms with Crippen LogP contribution >= 0.6 is 0 Å². The third kappa shape index (κ3) is 5.82. The lowest BCUT2D eigenvalue weighted by molar-refractivity contribution is -0.137. The summed E-state index contributed by atoms with van der Waals surface area (Å²) in [5.74, 6) is -3.16. The molecule has 2 heterocycles. The molecule has 0 aliphatic rings. The number of carbonyl (C=O) groups is 2. The van der Waals surface area contributed by atoms with Crippen LogP contribution in [0.5, 0.6) is 0 Å². The van der Waals surface area contributed by atoms with Crippen molar-refractivity contribution in [3.05, 3.63) is 124 Å². The SMILES string of the molecule is C[C@H](NC(=O)c1cc(-c2cc(F)ccc2F)cn2nnc(Cc3ccc(C(F)(F)F)cc3)c12)c1ccc(C(=O)O)cc1. The number of carbonyl (C=O) groups excluding carboxylic acids is 1. The fourth-order valence-corrected chi connectivity index (χ4v) is 4.52. The van der Waals surface area contributed by atoms with Gasteiger partial charge in [0.25, 0.3) is 5.91 Å². The van der Waals surface area contributed by atoms with Gasteiger partial charge >= 0.3 is 12.1 Å². The van der Waals surface area contributed by atoms with Crippen molar-refractivity contribution in [1.82, 2.24) is 20.1 Å². The number of benzene rings is 3. The number of halogens is 5. The third-order valence-electron chi connectivity index (χ3n) is 6.72. The number of carboxylic acid groups (broad SMARTS) is 1. The molecule has 2 aromatic heterocycles. The van der Waals surface area contributed by atoms with Gasteiger partial charge < -0.3 is 10.4 Å². The van der Waals surface area contributed by atoms with Crippen molar-refractivity contribution in [1.29, 1.82) is 0 Å². The van der Waals surface area contributed by atoms with Crippen molar-refractivity contribution in [2.24, 2.45) is 0 Å². The summed E-state index contributed by atoms with van der Waals surface area (Å²) in [7, 11) is 0. The highest BCUT2D eigenvalue weighted by Crippen LogP contribution is 2.31. The molecule has 42 heavy (non-hydrogen) atoms. The summed E-state index contributed by atoms with van der Waals surface area (Å²) in [5, 5.41) is 20.1. The molecule has 5 rings (SSSR count). The largest absolute Gasteiger partial charge is 0.478 e. The second-order valence-corrected chi connectivity index (χ2v) is 9.59. The van der Waals surface area contributed by atoms with E-state index in [0.29, 0.717) is 11.1 Å². The second-order valence-electron chi connectivity index (χ2n) is 9.59. The number of amides is 1. The summed E-state index contributed by atoms with van der Waals surface area (Å²) in [4.78, 5) is 24.8. The number of rotatable bonds is 7. The van der Waals surface area contributed by atoms with Crippen LogP contribution in [0.2, 0.25) is 0 Å². The minimum Gasteiger partial charge on any atom is -0.478 e. The quantitative estimate of drug-likeness (QED) is 0.215. The van der Waals surface area contributed by atoms with Crippen LogP contribution in [0.3, 0.4) is 0 Å². The first-order valence-corrected chi connectivity index (χ1v) is 12.5. The normalized spacial score (nSPS) is 12.3. The Morgan fingerprint density at radius 2 is 1.67 bits per heavy atom. The van der Waals surface area contributed by atoms with Crippen LogP contribution in [0.25, 0.3) is 16.6 Å². The minimum absolute atomic E-state index is 0.0112. The number of aromatic carboxylic acids is 1. The maximum atomic E-state index is 14.7. The first-order chi connectivity index (χ1) is 19.9. The molecule has 12 heteroatoms. The molecule has 2 N–H and O–H groups in total. The van der Waals surface area contributed by atoms with Gasteiger partial charge in [-0.15, -0.1) is 5.10 Å². The van der Waals surface area contributed by atoms with E-state index < -0.39 is 41.3 Å². The molecule has 1 amide bonds. The van der Waals surface area contributed by atoms with Gasteiger partial charge in [-0.2, -0.15) is 13.2 Å². The van der Waals surface area contributed by atoms with Gasteiger partial charge in [-0.05, 0) is 66.6 Å². The molecular formula is C30H21F5N4O3. The van der Waals surface area contributed by atoms with Gasteiger partial charge in [0, 0.05) is 23.7 Å². The Hall–Kier alpha value is -5.13. The Bertz CT molecular complexity index is 1800. The van der Waals surface area contributed by atoms with Gasteiger partial charge in [-0.3, -0.25) is 4.79 Å². The second kappa shape index (κ2) is 11.0. The number of fused-ring (bicyclic) bond motifs is 1. The molecule has 0 saturated heterocycles. The highest BCUT2D eigenvalue weighted by atomic mass is 19.4. The first-order valence-electron chi connectivity index (χ1n) is 12.5. The van der Waals surface area contributed by atoms with Gasteiger partial charge in [0.15, 0.2) is 0 Å². The molecule has 1 atom stereocenters. The van der Waals surface area contributed by atoms with E-state index in [9.17, 15) is 31.5 Å². The summed E-state index contributed by atoms with van der Waals surface area (Å²) < 4.78 is 69.0. The number of nitrogens with one attached hydrogen (secondary N) is 1. The highest BCUT2D eigenvalue weighted by Gasteiger charge is 2.30. The van der Waals surface area contributed by atoms with Crippen molar-refractivity contribution >= 4 is 17.4 Å². The zero-order valence-corrected chi connectivity index (χ0v) is 21.8. The predicted octanol–water partition coefficient (Wildman–Crippen LogP) is 6.47. The average Bonchev–Trinajstić information content (AvgIpc) is 3.36. The number of nitrogens with zero attached hydrogens (tertiary/aromatic N) is 3. The average molecular weight is 581 g/mol. The van der Waals surface area contributed by atoms with Gasteiger partial charge in [0.1, 0.15) is 17.2 Å². The van der Waals surface area contributed by atoms with E-state index in [1.165, 1.54) is 41.0 Å². The molecule has 0 aliphatic carbocycles.